The average Bonchev–Trinajstić information content (AvgIpc) is 3.05. The van der Waals surface area contributed by atoms with Gasteiger partial charge in [-0.1, -0.05) is 10.7 Å². The van der Waals surface area contributed by atoms with Crippen molar-refractivity contribution in [1.82, 2.24) is 5.32 Å². The molecule has 2 rings (SSSR count). The smallest absolute Gasteiger partial charge is 0.305 e. The zero-order valence-corrected chi connectivity index (χ0v) is 15.3. The molecule has 0 bridgehead atoms. The Kier molecular flexibility index (Phi) is 7.17. The molecular weight excluding hydrogens is 343 g/mol. The highest BCUT2D eigenvalue weighted by atomic mass is 19.1. The van der Waals surface area contributed by atoms with E-state index in [0.717, 1.165) is 5.57 Å². The van der Waals surface area contributed by atoms with Crippen LogP contribution in [-0.4, -0.2) is 50.6 Å². The molecule has 0 saturated carbocycles. The summed E-state index contributed by atoms with van der Waals surface area (Å²) in [7, 11) is 2.82. The van der Waals surface area contributed by atoms with Gasteiger partial charge in [-0.05, 0) is 19.4 Å². The minimum Gasteiger partial charge on any atom is -0.496 e. The van der Waals surface area contributed by atoms with E-state index in [1.807, 2.05) is 6.92 Å². The second kappa shape index (κ2) is 9.35. The van der Waals surface area contributed by atoms with Gasteiger partial charge in [0.15, 0.2) is 0 Å². The highest BCUT2D eigenvalue weighted by Gasteiger charge is 2.33. The van der Waals surface area contributed by atoms with Crippen LogP contribution in [0.25, 0.3) is 0 Å². The molecule has 1 aliphatic carbocycles. The Labute approximate surface area is 152 Å². The maximum absolute atomic E-state index is 14.4. The van der Waals surface area contributed by atoms with E-state index in [1.165, 1.54) is 14.2 Å². The number of halogens is 1. The van der Waals surface area contributed by atoms with E-state index in [4.69, 9.17) is 9.57 Å². The van der Waals surface area contributed by atoms with Gasteiger partial charge in [-0.15, -0.1) is 0 Å². The van der Waals surface area contributed by atoms with Crippen molar-refractivity contribution in [3.05, 3.63) is 23.0 Å². The Hall–Kier alpha value is -2.38. The lowest BCUT2D eigenvalue weighted by atomic mass is 9.90. The summed E-state index contributed by atoms with van der Waals surface area (Å²) in [4.78, 5) is 28.2. The van der Waals surface area contributed by atoms with Crippen molar-refractivity contribution in [3.63, 3.8) is 0 Å². The second-order valence-corrected chi connectivity index (χ2v) is 6.35. The molecular formula is C18H25FN2O5. The number of ether oxygens (including phenoxy) is 2. The van der Waals surface area contributed by atoms with Crippen molar-refractivity contribution in [3.8, 4) is 0 Å². The summed E-state index contributed by atoms with van der Waals surface area (Å²) in [5, 5.41) is 6.69. The maximum Gasteiger partial charge on any atom is 0.305 e. The Balaban J connectivity index is 1.82. The molecule has 0 saturated heterocycles. The van der Waals surface area contributed by atoms with Crippen LogP contribution in [0.3, 0.4) is 0 Å². The maximum atomic E-state index is 14.4. The summed E-state index contributed by atoms with van der Waals surface area (Å²) >= 11 is 0. The Bertz CT molecular complexity index is 641. The van der Waals surface area contributed by atoms with E-state index in [0.29, 0.717) is 42.9 Å². The Morgan fingerprint density at radius 1 is 1.38 bits per heavy atom. The van der Waals surface area contributed by atoms with E-state index in [2.05, 4.69) is 15.2 Å². The summed E-state index contributed by atoms with van der Waals surface area (Å²) < 4.78 is 24.3. The summed E-state index contributed by atoms with van der Waals surface area (Å²) in [5.41, 5.74) is 1.79. The fourth-order valence-corrected chi connectivity index (χ4v) is 2.93. The number of rotatable bonds is 8. The highest BCUT2D eigenvalue weighted by molar-refractivity contribution is 6.03. The van der Waals surface area contributed by atoms with Crippen LogP contribution >= 0.6 is 0 Å². The van der Waals surface area contributed by atoms with E-state index >= 15 is 0 Å². The van der Waals surface area contributed by atoms with Gasteiger partial charge >= 0.3 is 5.97 Å². The molecule has 1 N–H and O–H groups in total. The molecule has 2 aliphatic rings. The number of oxime groups is 1. The molecule has 8 heteroatoms. The van der Waals surface area contributed by atoms with Gasteiger partial charge in [0.2, 0.25) is 5.91 Å². The van der Waals surface area contributed by atoms with Crippen molar-refractivity contribution < 1.29 is 28.3 Å². The minimum absolute atomic E-state index is 0.118. The standard InChI is InChI=1S/C18H25FN2O5/c1-11-7-13(19)18(15(8-11)24-2)14-9-12(26-21-14)10-16(22)20-6-4-5-17(23)25-3/h8,12-13H,4-7,9-10H2,1-3H3,(H,20,22). The molecule has 2 unspecified atom stereocenters. The number of amides is 1. The predicted octanol–water partition coefficient (Wildman–Crippen LogP) is 2.18. The second-order valence-electron chi connectivity index (χ2n) is 6.35. The Morgan fingerprint density at radius 2 is 2.15 bits per heavy atom. The van der Waals surface area contributed by atoms with Gasteiger partial charge in [-0.2, -0.15) is 0 Å². The van der Waals surface area contributed by atoms with Gasteiger partial charge in [0.05, 0.1) is 31.9 Å². The van der Waals surface area contributed by atoms with Gasteiger partial charge in [0.1, 0.15) is 18.0 Å². The van der Waals surface area contributed by atoms with Gasteiger partial charge in [-0.25, -0.2) is 4.39 Å². The molecule has 0 aromatic carbocycles. The third-order valence-electron chi connectivity index (χ3n) is 4.24. The fraction of sp³-hybridized carbons (Fsp3) is 0.611. The number of nitrogens with one attached hydrogen (secondary N) is 1. The number of nitrogens with zero attached hydrogens (tertiary/aromatic N) is 1. The van der Waals surface area contributed by atoms with Crippen molar-refractivity contribution in [2.75, 3.05) is 20.8 Å². The van der Waals surface area contributed by atoms with Gasteiger partial charge in [0.25, 0.3) is 0 Å². The third-order valence-corrected chi connectivity index (χ3v) is 4.24. The van der Waals surface area contributed by atoms with Crippen molar-refractivity contribution in [2.45, 2.75) is 51.3 Å². The molecule has 0 aromatic heterocycles. The van der Waals surface area contributed by atoms with Crippen LogP contribution in [0, 0.1) is 0 Å². The van der Waals surface area contributed by atoms with Crippen LogP contribution in [-0.2, 0) is 23.9 Å². The molecule has 7 nitrogen and oxygen atoms in total. The van der Waals surface area contributed by atoms with E-state index in [1.54, 1.807) is 6.08 Å². The zero-order valence-electron chi connectivity index (χ0n) is 15.3. The first-order valence-electron chi connectivity index (χ1n) is 8.60. The van der Waals surface area contributed by atoms with Crippen molar-refractivity contribution in [1.29, 1.82) is 0 Å². The number of hydrogen-bond acceptors (Lipinski definition) is 6. The fourth-order valence-electron chi connectivity index (χ4n) is 2.93. The zero-order chi connectivity index (χ0) is 19.1. The van der Waals surface area contributed by atoms with Crippen molar-refractivity contribution in [2.24, 2.45) is 5.16 Å². The lowest BCUT2D eigenvalue weighted by molar-refractivity contribution is -0.140. The van der Waals surface area contributed by atoms with Gasteiger partial charge in [-0.3, -0.25) is 9.59 Å². The SMILES string of the molecule is COC(=O)CCCNC(=O)CC1CC(C2=C(OC)C=C(C)CC2F)=NO1. The molecule has 144 valence electrons. The van der Waals surface area contributed by atoms with E-state index in [-0.39, 0.29) is 24.7 Å². The predicted molar refractivity (Wildman–Crippen MR) is 93.1 cm³/mol. The number of methoxy groups -OCH3 is 2. The normalized spacial score (nSPS) is 22.3. The number of alkyl halides is 1. The molecule has 0 fully saturated rings. The van der Waals surface area contributed by atoms with E-state index in [9.17, 15) is 14.0 Å². The number of carbonyl (C=O) groups excluding carboxylic acids is 2. The lowest BCUT2D eigenvalue weighted by Gasteiger charge is -2.20. The summed E-state index contributed by atoms with van der Waals surface area (Å²) in [6.07, 6.45) is 1.70. The number of hydrogen-bond donors (Lipinski definition) is 1. The van der Waals surface area contributed by atoms with Crippen molar-refractivity contribution >= 4 is 17.6 Å². The number of allylic oxidation sites excluding steroid dienone is 3. The third kappa shape index (κ3) is 5.31. The van der Waals surface area contributed by atoms with Gasteiger partial charge in [0, 0.05) is 25.8 Å². The first-order chi connectivity index (χ1) is 12.4. The molecule has 1 heterocycles. The summed E-state index contributed by atoms with van der Waals surface area (Å²) in [6, 6.07) is 0. The van der Waals surface area contributed by atoms with E-state index < -0.39 is 12.3 Å². The topological polar surface area (TPSA) is 86.2 Å². The van der Waals surface area contributed by atoms with Crippen LogP contribution in [0.15, 0.2) is 28.1 Å². The first-order valence-corrected chi connectivity index (χ1v) is 8.60. The highest BCUT2D eigenvalue weighted by Crippen LogP contribution is 2.31. The summed E-state index contributed by atoms with van der Waals surface area (Å²) in [6.45, 7) is 2.23. The van der Waals surface area contributed by atoms with Crippen LogP contribution in [0.2, 0.25) is 0 Å². The molecule has 0 aromatic rings. The quantitative estimate of drug-likeness (QED) is 0.524. The van der Waals surface area contributed by atoms with Crippen LogP contribution in [0.4, 0.5) is 4.39 Å². The molecule has 2 atom stereocenters. The minimum atomic E-state index is -1.19. The van der Waals surface area contributed by atoms with Crippen LogP contribution < -0.4 is 5.32 Å². The Morgan fingerprint density at radius 3 is 2.85 bits per heavy atom. The number of esters is 1. The monoisotopic (exact) mass is 368 g/mol. The van der Waals surface area contributed by atoms with Gasteiger partial charge < -0.3 is 19.6 Å². The lowest BCUT2D eigenvalue weighted by Crippen LogP contribution is -2.29. The first kappa shape index (κ1) is 19.9. The molecule has 26 heavy (non-hydrogen) atoms. The van der Waals surface area contributed by atoms with Crippen LogP contribution in [0.5, 0.6) is 0 Å². The molecule has 1 aliphatic heterocycles. The molecule has 0 radical (unpaired) electrons. The molecule has 0 spiro atoms. The average molecular weight is 368 g/mol. The number of carbonyl (C=O) groups is 2. The molecule has 1 amide bonds. The summed E-state index contributed by atoms with van der Waals surface area (Å²) in [5.74, 6) is -0.0545. The van der Waals surface area contributed by atoms with Crippen LogP contribution in [0.1, 0.15) is 39.0 Å². The largest absolute Gasteiger partial charge is 0.496 e.